The fraction of sp³-hybridized carbons (Fsp3) is 0.517. The number of nitrogens with one attached hydrogen (secondary N) is 1. The molecular formula is C29H37N3O3. The predicted octanol–water partition coefficient (Wildman–Crippen LogP) is 5.10. The Morgan fingerprint density at radius 2 is 1.94 bits per heavy atom. The zero-order valence-electron chi connectivity index (χ0n) is 21.1. The van der Waals surface area contributed by atoms with Gasteiger partial charge in [0.05, 0.1) is 24.6 Å². The van der Waals surface area contributed by atoms with Gasteiger partial charge in [-0.05, 0) is 67.3 Å². The minimum atomic E-state index is -0.156. The van der Waals surface area contributed by atoms with Crippen molar-refractivity contribution >= 4 is 11.9 Å². The second-order valence-electron chi connectivity index (χ2n) is 10.7. The van der Waals surface area contributed by atoms with E-state index in [9.17, 15) is 9.59 Å². The predicted molar refractivity (Wildman–Crippen MR) is 136 cm³/mol. The molecule has 3 aliphatic heterocycles. The second kappa shape index (κ2) is 9.92. The normalized spacial score (nSPS) is 24.3. The Bertz CT molecular complexity index is 1080. The van der Waals surface area contributed by atoms with Gasteiger partial charge >= 0.3 is 6.03 Å². The standard InChI is InChI=1S/C29H37N3O3/c1-19(2)18-35-23-10-6-9-22(16-23)20(3)30-29(34)32-14-7-12-25-27(32)17-26-24-11-5-4-8-21(24)13-15-31(26)28(25)33/h4-6,8-11,16,19-20,25-27H,7,12-15,17-18H2,1-3H3,(H,30,34)/t20-,25-,26-,27-/m1/s1. The van der Waals surface area contributed by atoms with Crippen molar-refractivity contribution in [2.24, 2.45) is 11.8 Å². The van der Waals surface area contributed by atoms with Gasteiger partial charge in [-0.25, -0.2) is 4.79 Å². The molecule has 1 N–H and O–H groups in total. The van der Waals surface area contributed by atoms with E-state index in [2.05, 4.69) is 48.3 Å². The van der Waals surface area contributed by atoms with Crippen LogP contribution in [0.15, 0.2) is 48.5 Å². The third-order valence-electron chi connectivity index (χ3n) is 7.80. The van der Waals surface area contributed by atoms with Crippen LogP contribution in [0.3, 0.4) is 0 Å². The van der Waals surface area contributed by atoms with Gasteiger partial charge in [0.25, 0.3) is 0 Å². The monoisotopic (exact) mass is 475 g/mol. The third-order valence-corrected chi connectivity index (χ3v) is 7.80. The van der Waals surface area contributed by atoms with Gasteiger partial charge in [0.1, 0.15) is 5.75 Å². The summed E-state index contributed by atoms with van der Waals surface area (Å²) in [6.07, 6.45) is 3.45. The Labute approximate surface area is 208 Å². The lowest BCUT2D eigenvalue weighted by atomic mass is 9.76. The SMILES string of the molecule is CC(C)COc1cccc([C@@H](C)NC(=O)N2CCC[C@H]3C(=O)N4CCc5ccccc5[C@H]4C[C@H]32)c1. The van der Waals surface area contributed by atoms with Crippen LogP contribution in [0.5, 0.6) is 5.75 Å². The molecule has 3 aliphatic rings. The maximum absolute atomic E-state index is 13.5. The van der Waals surface area contributed by atoms with Crippen LogP contribution in [0.4, 0.5) is 4.79 Å². The summed E-state index contributed by atoms with van der Waals surface area (Å²) < 4.78 is 5.88. The summed E-state index contributed by atoms with van der Waals surface area (Å²) in [5, 5.41) is 3.20. The molecule has 186 valence electrons. The first kappa shape index (κ1) is 23.7. The molecule has 0 radical (unpaired) electrons. The Hall–Kier alpha value is -3.02. The molecule has 4 atom stereocenters. The van der Waals surface area contributed by atoms with Crippen molar-refractivity contribution in [3.05, 3.63) is 65.2 Å². The van der Waals surface area contributed by atoms with Crippen molar-refractivity contribution in [2.45, 2.75) is 64.6 Å². The first-order valence-electron chi connectivity index (χ1n) is 13.1. The van der Waals surface area contributed by atoms with Crippen molar-refractivity contribution in [2.75, 3.05) is 19.7 Å². The molecule has 0 aromatic heterocycles. The summed E-state index contributed by atoms with van der Waals surface area (Å²) >= 11 is 0. The van der Waals surface area contributed by atoms with E-state index in [1.807, 2.05) is 36.1 Å². The largest absolute Gasteiger partial charge is 0.493 e. The van der Waals surface area contributed by atoms with Crippen LogP contribution in [0.2, 0.25) is 0 Å². The first-order valence-corrected chi connectivity index (χ1v) is 13.1. The Morgan fingerprint density at radius 3 is 2.77 bits per heavy atom. The van der Waals surface area contributed by atoms with Crippen molar-refractivity contribution in [3.8, 4) is 5.75 Å². The minimum Gasteiger partial charge on any atom is -0.493 e. The Balaban J connectivity index is 1.31. The van der Waals surface area contributed by atoms with E-state index in [-0.39, 0.29) is 36.0 Å². The van der Waals surface area contributed by atoms with Gasteiger partial charge in [-0.2, -0.15) is 0 Å². The summed E-state index contributed by atoms with van der Waals surface area (Å²) in [5.74, 6) is 1.40. The van der Waals surface area contributed by atoms with Crippen LogP contribution in [-0.4, -0.2) is 47.5 Å². The summed E-state index contributed by atoms with van der Waals surface area (Å²) in [5.41, 5.74) is 3.60. The van der Waals surface area contributed by atoms with Gasteiger partial charge in [0.15, 0.2) is 0 Å². The average Bonchev–Trinajstić information content (AvgIpc) is 2.87. The number of carbonyl (C=O) groups is 2. The number of carbonyl (C=O) groups excluding carboxylic acids is 2. The summed E-state index contributed by atoms with van der Waals surface area (Å²) in [4.78, 5) is 31.0. The van der Waals surface area contributed by atoms with E-state index >= 15 is 0 Å². The van der Waals surface area contributed by atoms with E-state index in [0.29, 0.717) is 19.1 Å². The first-order chi connectivity index (χ1) is 16.9. The van der Waals surface area contributed by atoms with Crippen molar-refractivity contribution in [1.29, 1.82) is 0 Å². The number of piperidine rings is 2. The third kappa shape index (κ3) is 4.75. The number of rotatable bonds is 5. The second-order valence-corrected chi connectivity index (χ2v) is 10.7. The molecule has 2 fully saturated rings. The molecule has 35 heavy (non-hydrogen) atoms. The summed E-state index contributed by atoms with van der Waals surface area (Å²) in [6.45, 7) is 8.39. The maximum Gasteiger partial charge on any atom is 0.318 e. The van der Waals surface area contributed by atoms with Gasteiger partial charge in [-0.15, -0.1) is 0 Å². The number of ether oxygens (including phenoxy) is 1. The molecule has 6 nitrogen and oxygen atoms in total. The quantitative estimate of drug-likeness (QED) is 0.654. The molecule has 0 aliphatic carbocycles. The van der Waals surface area contributed by atoms with E-state index in [4.69, 9.17) is 4.74 Å². The van der Waals surface area contributed by atoms with Crippen molar-refractivity contribution in [3.63, 3.8) is 0 Å². The fourth-order valence-electron chi connectivity index (χ4n) is 5.99. The molecule has 3 amide bonds. The lowest BCUT2D eigenvalue weighted by Gasteiger charge is -2.51. The van der Waals surface area contributed by atoms with Crippen LogP contribution in [0, 0.1) is 11.8 Å². The van der Waals surface area contributed by atoms with Gasteiger partial charge in [-0.3, -0.25) is 4.79 Å². The molecule has 2 saturated heterocycles. The summed E-state index contributed by atoms with van der Waals surface area (Å²) in [7, 11) is 0. The molecule has 0 saturated carbocycles. The van der Waals surface area contributed by atoms with E-state index < -0.39 is 0 Å². The number of likely N-dealkylation sites (tertiary alicyclic amines) is 1. The molecule has 3 heterocycles. The number of urea groups is 1. The Kier molecular flexibility index (Phi) is 6.72. The molecule has 0 bridgehead atoms. The molecule has 2 aromatic rings. The lowest BCUT2D eigenvalue weighted by Crippen LogP contribution is -2.61. The van der Waals surface area contributed by atoms with Gasteiger partial charge in [0.2, 0.25) is 5.91 Å². The molecule has 5 rings (SSSR count). The van der Waals surface area contributed by atoms with Gasteiger partial charge < -0.3 is 19.9 Å². The number of amides is 3. The molecule has 6 heteroatoms. The van der Waals surface area contributed by atoms with Crippen LogP contribution < -0.4 is 10.1 Å². The van der Waals surface area contributed by atoms with E-state index in [0.717, 1.165) is 43.5 Å². The van der Waals surface area contributed by atoms with Gasteiger partial charge in [0, 0.05) is 19.1 Å². The van der Waals surface area contributed by atoms with E-state index in [1.165, 1.54) is 11.1 Å². The zero-order chi connectivity index (χ0) is 24.5. The fourth-order valence-corrected chi connectivity index (χ4v) is 5.99. The van der Waals surface area contributed by atoms with Crippen molar-refractivity contribution < 1.29 is 14.3 Å². The average molecular weight is 476 g/mol. The molecular weight excluding hydrogens is 438 g/mol. The number of nitrogens with zero attached hydrogens (tertiary/aromatic N) is 2. The highest BCUT2D eigenvalue weighted by molar-refractivity contribution is 5.83. The van der Waals surface area contributed by atoms with Crippen LogP contribution in [-0.2, 0) is 11.2 Å². The number of fused-ring (bicyclic) bond motifs is 4. The van der Waals surface area contributed by atoms with Crippen LogP contribution in [0.1, 0.15) is 68.8 Å². The topological polar surface area (TPSA) is 61.9 Å². The number of hydrogen-bond acceptors (Lipinski definition) is 3. The van der Waals surface area contributed by atoms with Gasteiger partial charge in [-0.1, -0.05) is 50.2 Å². The molecule has 2 aromatic carbocycles. The van der Waals surface area contributed by atoms with Crippen LogP contribution in [0.25, 0.3) is 0 Å². The van der Waals surface area contributed by atoms with Crippen LogP contribution >= 0.6 is 0 Å². The smallest absolute Gasteiger partial charge is 0.318 e. The minimum absolute atomic E-state index is 0.0587. The maximum atomic E-state index is 13.5. The zero-order valence-corrected chi connectivity index (χ0v) is 21.1. The van der Waals surface area contributed by atoms with Crippen molar-refractivity contribution in [1.82, 2.24) is 15.1 Å². The summed E-state index contributed by atoms with van der Waals surface area (Å²) in [6, 6.07) is 16.2. The molecule has 0 spiro atoms. The van der Waals surface area contributed by atoms with E-state index in [1.54, 1.807) is 0 Å². The Morgan fingerprint density at radius 1 is 1.11 bits per heavy atom. The molecule has 0 unspecified atom stereocenters. The highest BCUT2D eigenvalue weighted by Gasteiger charge is 2.48. The number of benzene rings is 2. The highest BCUT2D eigenvalue weighted by Crippen LogP contribution is 2.43. The number of hydrogen-bond donors (Lipinski definition) is 1. The highest BCUT2D eigenvalue weighted by atomic mass is 16.5. The lowest BCUT2D eigenvalue weighted by molar-refractivity contribution is -0.148.